The van der Waals surface area contributed by atoms with E-state index >= 15 is 0 Å². The van der Waals surface area contributed by atoms with E-state index in [2.05, 4.69) is 10.5 Å². The number of carbonyl (C=O) groups excluding carboxylic acids is 1. The van der Waals surface area contributed by atoms with Gasteiger partial charge in [0.2, 0.25) is 0 Å². The SMILES string of the molecule is C/C(=N/NC(=O)c1cccc(F)c1)c1ccc(OCc2ccc(Cl)cc2)cc1. The van der Waals surface area contributed by atoms with Crippen LogP contribution in [0.1, 0.15) is 28.4 Å². The third-order valence-electron chi connectivity index (χ3n) is 4.00. The molecule has 0 saturated carbocycles. The fourth-order valence-corrected chi connectivity index (χ4v) is 2.56. The molecule has 3 rings (SSSR count). The summed E-state index contributed by atoms with van der Waals surface area (Å²) in [7, 11) is 0. The van der Waals surface area contributed by atoms with Gasteiger partial charge in [0.25, 0.3) is 5.91 Å². The third-order valence-corrected chi connectivity index (χ3v) is 4.25. The Hall–Kier alpha value is -3.18. The number of amides is 1. The number of carbonyl (C=O) groups is 1. The summed E-state index contributed by atoms with van der Waals surface area (Å²) in [6.45, 7) is 2.21. The number of hydrazone groups is 1. The minimum atomic E-state index is -0.471. The molecule has 0 spiro atoms. The first-order chi connectivity index (χ1) is 13.5. The smallest absolute Gasteiger partial charge is 0.271 e. The van der Waals surface area contributed by atoms with E-state index in [-0.39, 0.29) is 5.56 Å². The van der Waals surface area contributed by atoms with Crippen LogP contribution >= 0.6 is 11.6 Å². The maximum Gasteiger partial charge on any atom is 0.271 e. The van der Waals surface area contributed by atoms with Crippen molar-refractivity contribution >= 4 is 23.2 Å². The predicted octanol–water partition coefficient (Wildman–Crippen LogP) is 5.21. The highest BCUT2D eigenvalue weighted by molar-refractivity contribution is 6.30. The van der Waals surface area contributed by atoms with Gasteiger partial charge in [0, 0.05) is 10.6 Å². The summed E-state index contributed by atoms with van der Waals surface area (Å²) in [5, 5.41) is 4.76. The molecule has 4 nitrogen and oxygen atoms in total. The number of hydrogen-bond donors (Lipinski definition) is 1. The highest BCUT2D eigenvalue weighted by Crippen LogP contribution is 2.16. The Balaban J connectivity index is 1.58. The van der Waals surface area contributed by atoms with Crippen LogP contribution in [0.3, 0.4) is 0 Å². The zero-order valence-corrected chi connectivity index (χ0v) is 15.9. The second kappa shape index (κ2) is 9.15. The molecular formula is C22H18ClFN2O2. The van der Waals surface area contributed by atoms with Crippen molar-refractivity contribution in [3.05, 3.63) is 100 Å². The lowest BCUT2D eigenvalue weighted by Crippen LogP contribution is -2.19. The molecule has 1 N–H and O–H groups in total. The van der Waals surface area contributed by atoms with E-state index in [1.54, 1.807) is 6.92 Å². The Morgan fingerprint density at radius 3 is 2.43 bits per heavy atom. The zero-order chi connectivity index (χ0) is 19.9. The minimum absolute atomic E-state index is 0.211. The quantitative estimate of drug-likeness (QED) is 0.459. The first kappa shape index (κ1) is 19.6. The molecule has 6 heteroatoms. The van der Waals surface area contributed by atoms with E-state index in [4.69, 9.17) is 16.3 Å². The minimum Gasteiger partial charge on any atom is -0.489 e. The second-order valence-electron chi connectivity index (χ2n) is 6.09. The molecule has 0 aliphatic rings. The molecule has 0 bridgehead atoms. The van der Waals surface area contributed by atoms with Gasteiger partial charge in [-0.1, -0.05) is 29.8 Å². The number of nitrogens with zero attached hydrogens (tertiary/aromatic N) is 1. The van der Waals surface area contributed by atoms with Crippen molar-refractivity contribution in [1.82, 2.24) is 5.43 Å². The van der Waals surface area contributed by atoms with Gasteiger partial charge in [-0.15, -0.1) is 0 Å². The molecule has 142 valence electrons. The summed E-state index contributed by atoms with van der Waals surface area (Å²) in [4.78, 5) is 12.0. The Kier molecular flexibility index (Phi) is 6.40. The van der Waals surface area contributed by atoms with Gasteiger partial charge >= 0.3 is 0 Å². The highest BCUT2D eigenvalue weighted by Gasteiger charge is 2.06. The molecule has 0 aromatic heterocycles. The molecule has 0 unspecified atom stereocenters. The maximum absolute atomic E-state index is 13.2. The summed E-state index contributed by atoms with van der Waals surface area (Å²) in [5.41, 5.74) is 5.11. The van der Waals surface area contributed by atoms with Gasteiger partial charge in [0.1, 0.15) is 18.2 Å². The zero-order valence-electron chi connectivity index (χ0n) is 15.2. The van der Waals surface area contributed by atoms with Crippen LogP contribution in [0, 0.1) is 5.82 Å². The molecule has 0 aliphatic carbocycles. The molecule has 1 amide bonds. The molecule has 3 aromatic rings. The summed E-state index contributed by atoms with van der Waals surface area (Å²) < 4.78 is 18.9. The van der Waals surface area contributed by atoms with Gasteiger partial charge in [-0.3, -0.25) is 4.79 Å². The van der Waals surface area contributed by atoms with Gasteiger partial charge in [-0.2, -0.15) is 5.10 Å². The van der Waals surface area contributed by atoms with E-state index in [9.17, 15) is 9.18 Å². The Labute approximate surface area is 167 Å². The first-order valence-corrected chi connectivity index (χ1v) is 8.97. The molecule has 0 fully saturated rings. The van der Waals surface area contributed by atoms with Gasteiger partial charge in [-0.05, 0) is 72.6 Å². The monoisotopic (exact) mass is 396 g/mol. The molecule has 0 saturated heterocycles. The molecule has 3 aromatic carbocycles. The molecule has 0 atom stereocenters. The van der Waals surface area contributed by atoms with Crippen LogP contribution in [0.2, 0.25) is 5.02 Å². The van der Waals surface area contributed by atoms with Gasteiger partial charge < -0.3 is 4.74 Å². The van der Waals surface area contributed by atoms with Crippen LogP contribution in [-0.4, -0.2) is 11.6 Å². The van der Waals surface area contributed by atoms with E-state index in [1.807, 2.05) is 48.5 Å². The normalized spacial score (nSPS) is 11.2. The molecule has 0 aliphatic heterocycles. The van der Waals surface area contributed by atoms with E-state index in [1.165, 1.54) is 18.2 Å². The Morgan fingerprint density at radius 1 is 1.04 bits per heavy atom. The lowest BCUT2D eigenvalue weighted by Gasteiger charge is -2.08. The van der Waals surface area contributed by atoms with Crippen LogP contribution in [-0.2, 0) is 6.61 Å². The van der Waals surface area contributed by atoms with Crippen molar-refractivity contribution in [2.75, 3.05) is 0 Å². The fraction of sp³-hybridized carbons (Fsp3) is 0.0909. The molecule has 0 radical (unpaired) electrons. The largest absolute Gasteiger partial charge is 0.489 e. The summed E-state index contributed by atoms with van der Waals surface area (Å²) in [5.74, 6) is -0.223. The van der Waals surface area contributed by atoms with Crippen LogP contribution in [0.15, 0.2) is 77.9 Å². The number of nitrogens with one attached hydrogen (secondary N) is 1. The van der Waals surface area contributed by atoms with Crippen molar-refractivity contribution in [3.8, 4) is 5.75 Å². The van der Waals surface area contributed by atoms with Gasteiger partial charge in [-0.25, -0.2) is 9.82 Å². The van der Waals surface area contributed by atoms with Crippen molar-refractivity contribution < 1.29 is 13.9 Å². The molecule has 0 heterocycles. The average molecular weight is 397 g/mol. The number of benzene rings is 3. The Morgan fingerprint density at radius 2 is 1.75 bits per heavy atom. The van der Waals surface area contributed by atoms with Crippen LogP contribution in [0.5, 0.6) is 5.75 Å². The van der Waals surface area contributed by atoms with Gasteiger partial charge in [0.15, 0.2) is 0 Å². The lowest BCUT2D eigenvalue weighted by molar-refractivity contribution is 0.0954. The topological polar surface area (TPSA) is 50.7 Å². The van der Waals surface area contributed by atoms with Crippen LogP contribution < -0.4 is 10.2 Å². The fourth-order valence-electron chi connectivity index (χ4n) is 2.43. The number of halogens is 2. The van der Waals surface area contributed by atoms with Crippen molar-refractivity contribution in [2.24, 2.45) is 5.10 Å². The van der Waals surface area contributed by atoms with E-state index in [0.717, 1.165) is 22.9 Å². The predicted molar refractivity (Wildman–Crippen MR) is 108 cm³/mol. The highest BCUT2D eigenvalue weighted by atomic mass is 35.5. The Bertz CT molecular complexity index is 986. The standard InChI is InChI=1S/C22H18ClFN2O2/c1-15(25-26-22(27)18-3-2-4-20(24)13-18)17-7-11-21(12-8-17)28-14-16-5-9-19(23)10-6-16/h2-13H,14H2,1H3,(H,26,27)/b25-15-. The van der Waals surface area contributed by atoms with Crippen LogP contribution in [0.4, 0.5) is 4.39 Å². The van der Waals surface area contributed by atoms with E-state index < -0.39 is 11.7 Å². The summed E-state index contributed by atoms with van der Waals surface area (Å²) in [6, 6.07) is 20.3. The number of ether oxygens (including phenoxy) is 1. The van der Waals surface area contributed by atoms with Gasteiger partial charge in [0.05, 0.1) is 5.71 Å². The summed E-state index contributed by atoms with van der Waals surface area (Å²) in [6.07, 6.45) is 0. The van der Waals surface area contributed by atoms with Crippen LogP contribution in [0.25, 0.3) is 0 Å². The van der Waals surface area contributed by atoms with Crippen molar-refractivity contribution in [2.45, 2.75) is 13.5 Å². The first-order valence-electron chi connectivity index (χ1n) is 8.59. The molecule has 28 heavy (non-hydrogen) atoms. The number of hydrogen-bond acceptors (Lipinski definition) is 3. The number of rotatable bonds is 6. The maximum atomic E-state index is 13.2. The van der Waals surface area contributed by atoms with Crippen molar-refractivity contribution in [1.29, 1.82) is 0 Å². The third kappa shape index (κ3) is 5.41. The van der Waals surface area contributed by atoms with E-state index in [0.29, 0.717) is 17.3 Å². The average Bonchev–Trinajstić information content (AvgIpc) is 2.71. The lowest BCUT2D eigenvalue weighted by atomic mass is 10.1. The summed E-state index contributed by atoms with van der Waals surface area (Å²) >= 11 is 5.87. The second-order valence-corrected chi connectivity index (χ2v) is 6.52. The van der Waals surface area contributed by atoms with Crippen molar-refractivity contribution in [3.63, 3.8) is 0 Å². The molecular weight excluding hydrogens is 379 g/mol.